The number of nitrogens with zero attached hydrogens (tertiary/aromatic N) is 7. The molecular weight excluding hydrogens is 1240 g/mol. The quantitative estimate of drug-likeness (QED) is 0.00935. The Morgan fingerprint density at radius 3 is 0.928 bits per heavy atom. The van der Waals surface area contributed by atoms with Crippen molar-refractivity contribution in [2.75, 3.05) is 75.9 Å². The lowest BCUT2D eigenvalue weighted by Crippen LogP contribution is -2.24. The highest BCUT2D eigenvalue weighted by molar-refractivity contribution is 6.04. The molecule has 4 aromatic carbocycles. The molecule has 26 heteroatoms. The van der Waals surface area contributed by atoms with Crippen LogP contribution in [0.2, 0.25) is 0 Å². The molecule has 0 spiro atoms. The van der Waals surface area contributed by atoms with Gasteiger partial charge in [0.25, 0.3) is 0 Å². The maximum absolute atomic E-state index is 14.3. The average molecular weight is 1340 g/mol. The number of carbonyl (C=O) groups is 8. The number of Topliss-reactive ketones (excluding diaryl/α,β-unsaturated/α-hetero) is 4. The molecule has 4 aromatic rings. The van der Waals surface area contributed by atoms with Crippen LogP contribution in [0, 0.1) is 17.8 Å². The number of guanidine groups is 3. The summed E-state index contributed by atoms with van der Waals surface area (Å²) in [6.07, 6.45) is 7.21. The number of benzene rings is 4. The summed E-state index contributed by atoms with van der Waals surface area (Å²) >= 11 is 0. The lowest BCUT2D eigenvalue weighted by molar-refractivity contribution is -0.121. The van der Waals surface area contributed by atoms with Crippen LogP contribution >= 0.6 is 0 Å². The molecule has 3 atom stereocenters. The van der Waals surface area contributed by atoms with Crippen molar-refractivity contribution in [3.05, 3.63) is 95.1 Å². The van der Waals surface area contributed by atoms with Crippen molar-refractivity contribution in [2.45, 2.75) is 135 Å². The third kappa shape index (κ3) is 27.5. The number of ketones is 4. The molecule has 0 saturated carbocycles. The van der Waals surface area contributed by atoms with Crippen molar-refractivity contribution in [1.29, 1.82) is 0 Å². The van der Waals surface area contributed by atoms with Crippen molar-refractivity contribution in [3.63, 3.8) is 0 Å². The lowest BCUT2D eigenvalue weighted by Gasteiger charge is -2.19. The van der Waals surface area contributed by atoms with E-state index in [2.05, 4.69) is 83.1 Å². The minimum absolute atomic E-state index is 0.000265. The number of anilines is 4. The highest BCUT2D eigenvalue weighted by atomic mass is 16.5. The van der Waals surface area contributed by atoms with E-state index >= 15 is 0 Å². The summed E-state index contributed by atoms with van der Waals surface area (Å²) < 4.78 is 22.2. The molecule has 3 unspecified atom stereocenters. The molecule has 26 nitrogen and oxygen atoms in total. The summed E-state index contributed by atoms with van der Waals surface area (Å²) in [7, 11) is 5.79. The van der Waals surface area contributed by atoms with Gasteiger partial charge in [0.2, 0.25) is 41.5 Å². The largest absolute Gasteiger partial charge is 0.496 e. The van der Waals surface area contributed by atoms with Crippen LogP contribution in [-0.4, -0.2) is 146 Å². The zero-order valence-corrected chi connectivity index (χ0v) is 56.7. The number of nitrogens with two attached hydrogens (primary N) is 3. The molecule has 0 bridgehead atoms. The first-order chi connectivity index (χ1) is 46.8. The minimum Gasteiger partial charge on any atom is -0.496 e. The molecule has 4 rings (SSSR count). The van der Waals surface area contributed by atoms with E-state index in [0.717, 1.165) is 12.8 Å². The average Bonchev–Trinajstić information content (AvgIpc) is 0.887. The second-order valence-electron chi connectivity index (χ2n) is 22.9. The van der Waals surface area contributed by atoms with E-state index in [1.807, 2.05) is 0 Å². The number of nitrogens with one attached hydrogen (secondary N) is 4. The van der Waals surface area contributed by atoms with Crippen LogP contribution in [0.15, 0.2) is 108 Å². The van der Waals surface area contributed by atoms with E-state index in [1.54, 1.807) is 79.7 Å². The van der Waals surface area contributed by atoms with Crippen LogP contribution in [-0.2, 0) is 19.2 Å². The van der Waals surface area contributed by atoms with Gasteiger partial charge in [-0.3, -0.25) is 53.3 Å². The Balaban J connectivity index is 1.48. The van der Waals surface area contributed by atoms with Crippen LogP contribution in [0.5, 0.6) is 23.0 Å². The summed E-state index contributed by atoms with van der Waals surface area (Å²) in [5.74, 6) is -2.66. The predicted molar refractivity (Wildman–Crippen MR) is 385 cm³/mol. The molecule has 0 aliphatic rings. The fourth-order valence-corrected chi connectivity index (χ4v) is 10.7. The van der Waals surface area contributed by atoms with Crippen molar-refractivity contribution in [2.24, 2.45) is 69.9 Å². The number of amides is 4. The SMILES string of the molecule is C=NCCCCCC(=O)c1cc(NC(=O)C(CCCN=C(N)N=C)CCCC(=O)c2cc(NC(=O)C(CCCN=C(N)N=C)CCCC(=O)c3cc(NC(=O)C(CCCN=C(N)N=C)CCCC(=O)c4cc(NC(=O)CC)ccc4OC)ccc3OC)ccc2OC)ccc1OC. The van der Waals surface area contributed by atoms with Gasteiger partial charge in [-0.2, -0.15) is 0 Å². The third-order valence-corrected chi connectivity index (χ3v) is 16.0. The van der Waals surface area contributed by atoms with E-state index < -0.39 is 17.8 Å². The van der Waals surface area contributed by atoms with Crippen LogP contribution in [0.3, 0.4) is 0 Å². The fraction of sp³-hybridized carbons (Fsp3) is 0.451. The zero-order chi connectivity index (χ0) is 71.1. The Morgan fingerprint density at radius 1 is 0.381 bits per heavy atom. The minimum atomic E-state index is -0.642. The first-order valence-corrected chi connectivity index (χ1v) is 32.6. The highest BCUT2D eigenvalue weighted by Crippen LogP contribution is 2.32. The molecular formula is C71H96N14O12. The predicted octanol–water partition coefficient (Wildman–Crippen LogP) is 10.7. The number of ether oxygens (including phenoxy) is 4. The highest BCUT2D eigenvalue weighted by Gasteiger charge is 2.26. The molecule has 0 aliphatic heterocycles. The Kier molecular flexibility index (Phi) is 35.6. The smallest absolute Gasteiger partial charge is 0.227 e. The Labute approximate surface area is 568 Å². The molecule has 0 fully saturated rings. The molecule has 0 saturated heterocycles. The monoisotopic (exact) mass is 1340 g/mol. The normalized spacial score (nSPS) is 12.4. The Hall–Kier alpha value is -10.3. The third-order valence-electron chi connectivity index (χ3n) is 16.0. The Morgan fingerprint density at radius 2 is 0.660 bits per heavy atom. The number of hydrogen-bond acceptors (Lipinski definition) is 16. The van der Waals surface area contributed by atoms with Gasteiger partial charge >= 0.3 is 0 Å². The van der Waals surface area contributed by atoms with E-state index in [9.17, 15) is 38.4 Å². The number of hydrogen-bond donors (Lipinski definition) is 7. The molecule has 4 amide bonds. The summed E-state index contributed by atoms with van der Waals surface area (Å²) in [5, 5.41) is 11.7. The molecule has 0 aliphatic carbocycles. The van der Waals surface area contributed by atoms with Gasteiger partial charge in [-0.1, -0.05) is 13.3 Å². The van der Waals surface area contributed by atoms with Gasteiger partial charge in [0.05, 0.1) is 50.7 Å². The van der Waals surface area contributed by atoms with Gasteiger partial charge in [0, 0.05) is 98.8 Å². The number of rotatable bonds is 46. The second kappa shape index (κ2) is 43.7. The maximum atomic E-state index is 14.3. The first kappa shape index (κ1) is 79.2. The van der Waals surface area contributed by atoms with Crippen LogP contribution in [0.4, 0.5) is 22.7 Å². The van der Waals surface area contributed by atoms with Crippen LogP contribution < -0.4 is 57.4 Å². The van der Waals surface area contributed by atoms with Crippen LogP contribution in [0.1, 0.15) is 177 Å². The fourth-order valence-electron chi connectivity index (χ4n) is 10.7. The first-order valence-electron chi connectivity index (χ1n) is 32.6. The second-order valence-corrected chi connectivity index (χ2v) is 22.9. The molecule has 522 valence electrons. The van der Waals surface area contributed by atoms with Gasteiger partial charge < -0.3 is 62.4 Å². The lowest BCUT2D eigenvalue weighted by atomic mass is 9.93. The summed E-state index contributed by atoms with van der Waals surface area (Å²) in [6, 6.07) is 19.3. The van der Waals surface area contributed by atoms with Crippen LogP contribution in [0.25, 0.3) is 0 Å². The number of aliphatic imine (C=N–C) groups is 7. The van der Waals surface area contributed by atoms with Crippen molar-refractivity contribution in [3.8, 4) is 23.0 Å². The molecule has 0 radical (unpaired) electrons. The number of carbonyl (C=O) groups excluding carboxylic acids is 8. The van der Waals surface area contributed by atoms with E-state index in [0.29, 0.717) is 129 Å². The maximum Gasteiger partial charge on any atom is 0.227 e. The summed E-state index contributed by atoms with van der Waals surface area (Å²) in [4.78, 5) is 137. The topological polar surface area (TPSA) is 386 Å². The van der Waals surface area contributed by atoms with E-state index in [-0.39, 0.29) is 145 Å². The standard InChI is InChI=1S/C71H96N14O12/c1-10-65(90)82-49-30-34-61(94-6)53(42-49)58(87)27-14-20-46(23-17-39-79-69(72)76-3)67(92)84-51-32-36-63(96-8)55(44-51)60(89)29-16-22-48(25-19-41-81-71(74)78-5)68(93)85-52-33-37-64(97-9)56(45-52)59(88)28-15-21-47(24-18-40-80-70(73)77-4)66(91)83-50-31-35-62(95-7)54(43-50)57(86)26-12-11-13-38-75-2/h30-37,42-48H,2-5,10-29,38-41H2,1,6-9H3,(H2,72,79)(H2,73,80)(H2,74,81)(H,82,90)(H,83,91)(H,84,92)(H,85,93). The Bertz CT molecular complexity index is 3480. The van der Waals surface area contributed by atoms with E-state index in [4.69, 9.17) is 36.1 Å². The van der Waals surface area contributed by atoms with E-state index in [1.165, 1.54) is 28.4 Å². The molecule has 10 N–H and O–H groups in total. The van der Waals surface area contributed by atoms with Crippen molar-refractivity contribution < 1.29 is 57.3 Å². The summed E-state index contributed by atoms with van der Waals surface area (Å²) in [5.41, 5.74) is 19.9. The van der Waals surface area contributed by atoms with Gasteiger partial charge in [0.15, 0.2) is 23.1 Å². The van der Waals surface area contributed by atoms with Crippen molar-refractivity contribution in [1.82, 2.24) is 0 Å². The number of methoxy groups -OCH3 is 4. The summed E-state index contributed by atoms with van der Waals surface area (Å²) in [6.45, 7) is 16.9. The van der Waals surface area contributed by atoms with Gasteiger partial charge in [-0.15, -0.1) is 0 Å². The van der Waals surface area contributed by atoms with Gasteiger partial charge in [-0.25, -0.2) is 15.0 Å². The molecule has 0 aromatic heterocycles. The zero-order valence-electron chi connectivity index (χ0n) is 56.7. The molecule has 97 heavy (non-hydrogen) atoms. The molecule has 0 heterocycles. The van der Waals surface area contributed by atoms with Gasteiger partial charge in [-0.05, 0) is 190 Å². The number of unbranched alkanes of at least 4 members (excludes halogenated alkanes) is 2. The van der Waals surface area contributed by atoms with Gasteiger partial charge in [0.1, 0.15) is 23.0 Å². The van der Waals surface area contributed by atoms with Crippen molar-refractivity contribution >= 4 is 114 Å².